The standard InChI is InChI=1S/C22H23F2NO3/c1-14(16-2-4-18(23)19(24)12-16)25-8-6-15(7-9-25)22(26)17-3-5-20-21(13-17)28-11-10-27-20/h2-5,12-15H,6-11H2,1H3. The Bertz CT molecular complexity index is 878. The Hall–Kier alpha value is -2.47. The summed E-state index contributed by atoms with van der Waals surface area (Å²) in [6.07, 6.45) is 1.47. The largest absolute Gasteiger partial charge is 0.486 e. The Morgan fingerprint density at radius 1 is 1.00 bits per heavy atom. The van der Waals surface area contributed by atoms with Crippen molar-refractivity contribution in [3.05, 3.63) is 59.2 Å². The molecule has 0 bridgehead atoms. The molecule has 2 aliphatic heterocycles. The maximum absolute atomic E-state index is 13.5. The summed E-state index contributed by atoms with van der Waals surface area (Å²) in [6, 6.07) is 9.38. The van der Waals surface area contributed by atoms with Crippen molar-refractivity contribution in [2.45, 2.75) is 25.8 Å². The zero-order valence-electron chi connectivity index (χ0n) is 15.8. The molecule has 28 heavy (non-hydrogen) atoms. The number of carbonyl (C=O) groups excluding carboxylic acids is 1. The number of ether oxygens (including phenoxy) is 2. The van der Waals surface area contributed by atoms with Crippen molar-refractivity contribution in [1.82, 2.24) is 4.90 Å². The molecule has 2 aromatic carbocycles. The molecule has 2 aromatic rings. The molecule has 4 rings (SSSR count). The minimum atomic E-state index is -0.834. The molecule has 0 N–H and O–H groups in total. The van der Waals surface area contributed by atoms with Crippen LogP contribution in [-0.2, 0) is 0 Å². The molecule has 1 saturated heterocycles. The van der Waals surface area contributed by atoms with E-state index in [2.05, 4.69) is 4.90 Å². The fourth-order valence-corrected chi connectivity index (χ4v) is 3.96. The topological polar surface area (TPSA) is 38.8 Å². The molecule has 4 nitrogen and oxygen atoms in total. The Kier molecular flexibility index (Phi) is 5.31. The highest BCUT2D eigenvalue weighted by molar-refractivity contribution is 5.98. The van der Waals surface area contributed by atoms with E-state index in [1.165, 1.54) is 12.1 Å². The average Bonchev–Trinajstić information content (AvgIpc) is 2.74. The Labute approximate surface area is 163 Å². The molecule has 0 spiro atoms. The van der Waals surface area contributed by atoms with Crippen LogP contribution in [0.2, 0.25) is 0 Å². The van der Waals surface area contributed by atoms with E-state index < -0.39 is 11.6 Å². The quantitative estimate of drug-likeness (QED) is 0.730. The van der Waals surface area contributed by atoms with Crippen LogP contribution < -0.4 is 9.47 Å². The average molecular weight is 387 g/mol. The molecule has 2 heterocycles. The van der Waals surface area contributed by atoms with Crippen molar-refractivity contribution in [2.24, 2.45) is 5.92 Å². The van der Waals surface area contributed by atoms with Crippen LogP contribution in [0.3, 0.4) is 0 Å². The predicted octanol–water partition coefficient (Wildman–Crippen LogP) is 4.39. The molecular formula is C22H23F2NO3. The van der Waals surface area contributed by atoms with Gasteiger partial charge in [0.05, 0.1) is 0 Å². The molecule has 0 saturated carbocycles. The molecule has 148 valence electrons. The molecule has 0 radical (unpaired) electrons. The van der Waals surface area contributed by atoms with Crippen LogP contribution >= 0.6 is 0 Å². The molecule has 0 aliphatic carbocycles. The minimum absolute atomic E-state index is 0.0274. The van der Waals surface area contributed by atoms with Crippen molar-refractivity contribution in [1.29, 1.82) is 0 Å². The van der Waals surface area contributed by atoms with Crippen LogP contribution in [0.5, 0.6) is 11.5 Å². The second-order valence-electron chi connectivity index (χ2n) is 7.38. The monoisotopic (exact) mass is 387 g/mol. The van der Waals surface area contributed by atoms with Crippen molar-refractivity contribution in [2.75, 3.05) is 26.3 Å². The van der Waals surface area contributed by atoms with E-state index in [1.807, 2.05) is 6.92 Å². The van der Waals surface area contributed by atoms with Crippen LogP contribution in [-0.4, -0.2) is 37.0 Å². The van der Waals surface area contributed by atoms with Crippen LogP contribution in [0, 0.1) is 17.6 Å². The van der Waals surface area contributed by atoms with Gasteiger partial charge in [0.2, 0.25) is 0 Å². The van der Waals surface area contributed by atoms with Crippen molar-refractivity contribution in [3.63, 3.8) is 0 Å². The van der Waals surface area contributed by atoms with Gasteiger partial charge in [-0.1, -0.05) is 6.07 Å². The van der Waals surface area contributed by atoms with Crippen LogP contribution in [0.15, 0.2) is 36.4 Å². The summed E-state index contributed by atoms with van der Waals surface area (Å²) in [6.45, 7) is 4.47. The zero-order valence-corrected chi connectivity index (χ0v) is 15.8. The normalized spacial score (nSPS) is 18.7. The number of halogens is 2. The van der Waals surface area contributed by atoms with Gasteiger partial charge in [-0.2, -0.15) is 0 Å². The molecular weight excluding hydrogens is 364 g/mol. The molecule has 0 aromatic heterocycles. The van der Waals surface area contributed by atoms with E-state index in [0.717, 1.165) is 31.5 Å². The number of benzene rings is 2. The number of nitrogens with zero attached hydrogens (tertiary/aromatic N) is 1. The first-order valence-electron chi connectivity index (χ1n) is 9.66. The third-order valence-corrected chi connectivity index (χ3v) is 5.70. The van der Waals surface area contributed by atoms with E-state index in [-0.39, 0.29) is 17.7 Å². The molecule has 0 amide bonds. The van der Waals surface area contributed by atoms with E-state index in [4.69, 9.17) is 9.47 Å². The smallest absolute Gasteiger partial charge is 0.166 e. The minimum Gasteiger partial charge on any atom is -0.486 e. The van der Waals surface area contributed by atoms with E-state index in [1.54, 1.807) is 24.3 Å². The number of rotatable bonds is 4. The summed E-state index contributed by atoms with van der Waals surface area (Å²) in [4.78, 5) is 15.1. The third kappa shape index (κ3) is 3.74. The maximum atomic E-state index is 13.5. The number of carbonyl (C=O) groups is 1. The van der Waals surface area contributed by atoms with Gasteiger partial charge in [0.25, 0.3) is 0 Å². The lowest BCUT2D eigenvalue weighted by atomic mass is 9.88. The van der Waals surface area contributed by atoms with Crippen molar-refractivity contribution in [3.8, 4) is 11.5 Å². The number of piperidine rings is 1. The van der Waals surface area contributed by atoms with Crippen LogP contribution in [0.25, 0.3) is 0 Å². The number of Topliss-reactive ketones (excluding diaryl/α,β-unsaturated/α-hetero) is 1. The highest BCUT2D eigenvalue weighted by Gasteiger charge is 2.29. The molecule has 2 aliphatic rings. The zero-order chi connectivity index (χ0) is 19.7. The molecule has 6 heteroatoms. The van der Waals surface area contributed by atoms with E-state index in [9.17, 15) is 13.6 Å². The van der Waals surface area contributed by atoms with Gasteiger partial charge in [0.15, 0.2) is 28.9 Å². The first kappa shape index (κ1) is 18.9. The van der Waals surface area contributed by atoms with Gasteiger partial charge in [-0.3, -0.25) is 9.69 Å². The lowest BCUT2D eigenvalue weighted by Gasteiger charge is -2.35. The fourth-order valence-electron chi connectivity index (χ4n) is 3.96. The summed E-state index contributed by atoms with van der Waals surface area (Å²) in [5.41, 5.74) is 1.40. The predicted molar refractivity (Wildman–Crippen MR) is 101 cm³/mol. The Morgan fingerprint density at radius 3 is 2.43 bits per heavy atom. The summed E-state index contributed by atoms with van der Waals surface area (Å²) in [5.74, 6) is -0.278. The van der Waals surface area contributed by atoms with Gasteiger partial charge >= 0.3 is 0 Å². The summed E-state index contributed by atoms with van der Waals surface area (Å²) in [5, 5.41) is 0. The van der Waals surface area contributed by atoms with Crippen molar-refractivity contribution < 1.29 is 23.0 Å². The maximum Gasteiger partial charge on any atom is 0.166 e. The van der Waals surface area contributed by atoms with Gasteiger partial charge in [0.1, 0.15) is 13.2 Å². The van der Waals surface area contributed by atoms with Gasteiger partial charge < -0.3 is 9.47 Å². The number of fused-ring (bicyclic) bond motifs is 1. The Balaban J connectivity index is 1.39. The first-order valence-corrected chi connectivity index (χ1v) is 9.66. The number of ketones is 1. The van der Waals surface area contributed by atoms with Crippen molar-refractivity contribution >= 4 is 5.78 Å². The van der Waals surface area contributed by atoms with Gasteiger partial charge in [-0.15, -0.1) is 0 Å². The second kappa shape index (κ2) is 7.87. The third-order valence-electron chi connectivity index (χ3n) is 5.70. The van der Waals surface area contributed by atoms with E-state index in [0.29, 0.717) is 30.3 Å². The van der Waals surface area contributed by atoms with E-state index >= 15 is 0 Å². The number of hydrogen-bond acceptors (Lipinski definition) is 4. The number of likely N-dealkylation sites (tertiary alicyclic amines) is 1. The summed E-state index contributed by atoms with van der Waals surface area (Å²) in [7, 11) is 0. The Morgan fingerprint density at radius 2 is 1.71 bits per heavy atom. The molecule has 1 fully saturated rings. The van der Waals surface area contributed by atoms with Gasteiger partial charge in [-0.25, -0.2) is 8.78 Å². The van der Waals surface area contributed by atoms with Gasteiger partial charge in [-0.05, 0) is 68.8 Å². The van der Waals surface area contributed by atoms with Gasteiger partial charge in [0, 0.05) is 17.5 Å². The summed E-state index contributed by atoms with van der Waals surface area (Å²) < 4.78 is 37.8. The molecule has 1 atom stereocenters. The lowest BCUT2D eigenvalue weighted by molar-refractivity contribution is 0.0800. The SMILES string of the molecule is CC(c1ccc(F)c(F)c1)N1CCC(C(=O)c2ccc3c(c2)OCCO3)CC1. The fraction of sp³-hybridized carbons (Fsp3) is 0.409. The highest BCUT2D eigenvalue weighted by atomic mass is 19.2. The highest BCUT2D eigenvalue weighted by Crippen LogP contribution is 2.33. The summed E-state index contributed by atoms with van der Waals surface area (Å²) >= 11 is 0. The molecule has 1 unspecified atom stereocenters. The van der Waals surface area contributed by atoms with Crippen LogP contribution in [0.4, 0.5) is 8.78 Å². The second-order valence-corrected chi connectivity index (χ2v) is 7.38. The lowest BCUT2D eigenvalue weighted by Crippen LogP contribution is -2.38. The van der Waals surface area contributed by atoms with Crippen LogP contribution in [0.1, 0.15) is 41.7 Å². The first-order chi connectivity index (χ1) is 13.5. The number of hydrogen-bond donors (Lipinski definition) is 0.